The lowest BCUT2D eigenvalue weighted by Gasteiger charge is -2.34. The Labute approximate surface area is 242 Å². The van der Waals surface area contributed by atoms with Gasteiger partial charge in [0.15, 0.2) is 0 Å². The van der Waals surface area contributed by atoms with Crippen LogP contribution in [0.1, 0.15) is 29.5 Å². The second-order valence-electron chi connectivity index (χ2n) is 10.2. The predicted octanol–water partition coefficient (Wildman–Crippen LogP) is 5.83. The van der Waals surface area contributed by atoms with Crippen LogP contribution in [0, 0.1) is 24.1 Å². The van der Waals surface area contributed by atoms with Crippen molar-refractivity contribution in [3.63, 3.8) is 0 Å². The number of hydrogen-bond acceptors (Lipinski definition) is 7. The summed E-state index contributed by atoms with van der Waals surface area (Å²) in [5.74, 6) is -0.312. The van der Waals surface area contributed by atoms with Gasteiger partial charge in [-0.1, -0.05) is 41.4 Å². The van der Waals surface area contributed by atoms with Gasteiger partial charge in [-0.15, -0.1) is 5.53 Å². The Bertz CT molecular complexity index is 1700. The molecule has 1 atom stereocenters. The second kappa shape index (κ2) is 10.2. The summed E-state index contributed by atoms with van der Waals surface area (Å²) in [6, 6.07) is 18.4. The van der Waals surface area contributed by atoms with E-state index in [-0.39, 0.29) is 5.82 Å². The number of pyridine rings is 1. The summed E-state index contributed by atoms with van der Waals surface area (Å²) in [7, 11) is 2.02. The van der Waals surface area contributed by atoms with E-state index in [0.29, 0.717) is 43.9 Å². The second-order valence-corrected chi connectivity index (χ2v) is 11.0. The molecule has 0 bridgehead atoms. The Hall–Kier alpha value is -3.97. The average molecular weight is 572 g/mol. The maximum absolute atomic E-state index is 13.9. The molecule has 4 N–H and O–H groups in total. The Morgan fingerprint density at radius 2 is 1.93 bits per heavy atom. The lowest BCUT2D eigenvalue weighted by molar-refractivity contribution is 0.260. The van der Waals surface area contributed by atoms with Crippen molar-refractivity contribution in [2.45, 2.75) is 31.2 Å². The third-order valence-electron chi connectivity index (χ3n) is 7.46. The number of rotatable bonds is 7. The SMILES string of the molecule is BC(Nc1cc(Cl)c2ncc(C#N)c(Nc3cccc(Cl)c3C)c2c1)(C1=CN(C2CC2)NN1)c1ccc(F)cc1. The zero-order valence-corrected chi connectivity index (χ0v) is 23.3. The highest BCUT2D eigenvalue weighted by molar-refractivity contribution is 6.36. The fourth-order valence-electron chi connectivity index (χ4n) is 4.93. The quantitative estimate of drug-likeness (QED) is 0.207. The minimum Gasteiger partial charge on any atom is -0.378 e. The van der Waals surface area contributed by atoms with Gasteiger partial charge in [-0.25, -0.2) is 4.39 Å². The summed E-state index contributed by atoms with van der Waals surface area (Å²) in [6.07, 6.45) is 5.80. The van der Waals surface area contributed by atoms with Crippen molar-refractivity contribution >= 4 is 59.0 Å². The third kappa shape index (κ3) is 4.79. The van der Waals surface area contributed by atoms with Crippen molar-refractivity contribution in [3.8, 4) is 6.07 Å². The summed E-state index contributed by atoms with van der Waals surface area (Å²) in [5, 5.41) is 20.7. The van der Waals surface area contributed by atoms with Crippen LogP contribution >= 0.6 is 23.2 Å². The molecule has 1 fully saturated rings. The molecule has 11 heteroatoms. The van der Waals surface area contributed by atoms with E-state index in [9.17, 15) is 9.65 Å². The highest BCUT2D eigenvalue weighted by Gasteiger charge is 2.38. The number of hydrazine groups is 2. The lowest BCUT2D eigenvalue weighted by atomic mass is 9.69. The van der Waals surface area contributed by atoms with Crippen molar-refractivity contribution in [1.82, 2.24) is 21.0 Å². The third-order valence-corrected chi connectivity index (χ3v) is 8.15. The largest absolute Gasteiger partial charge is 0.378 e. The minimum atomic E-state index is -0.793. The molecule has 1 aliphatic heterocycles. The molecule has 7 nitrogen and oxygen atoms in total. The summed E-state index contributed by atoms with van der Waals surface area (Å²) < 4.78 is 13.9. The number of nitriles is 1. The van der Waals surface area contributed by atoms with Crippen molar-refractivity contribution in [3.05, 3.63) is 105 Å². The standard InChI is InChI=1S/C29H25BCl2FN7/c1-16-23(31)3-2-4-25(16)36-27-17(13-34)14-35-28-22(27)11-20(12-24(28)32)37-29(30,18-5-7-19(33)8-6-18)26-15-40(39-38-26)21-9-10-21/h2-8,11-12,14-15,21,37-39H,9-10,30H2,1H3,(H,35,36). The van der Waals surface area contributed by atoms with Crippen molar-refractivity contribution in [2.75, 3.05) is 10.6 Å². The van der Waals surface area contributed by atoms with Crippen molar-refractivity contribution < 1.29 is 4.39 Å². The topological polar surface area (TPSA) is 88.0 Å². The van der Waals surface area contributed by atoms with Crippen LogP contribution in [0.25, 0.3) is 10.9 Å². The van der Waals surface area contributed by atoms with Gasteiger partial charge in [-0.3, -0.25) is 9.99 Å². The normalized spacial score (nSPS) is 16.2. The summed E-state index contributed by atoms with van der Waals surface area (Å²) in [6.45, 7) is 1.91. The molecule has 0 saturated heterocycles. The molecule has 1 aliphatic carbocycles. The number of anilines is 3. The van der Waals surface area contributed by atoms with Gasteiger partial charge >= 0.3 is 0 Å². The molecule has 40 heavy (non-hydrogen) atoms. The van der Waals surface area contributed by atoms with Crippen LogP contribution in [0.3, 0.4) is 0 Å². The zero-order chi connectivity index (χ0) is 28.0. The molecular formula is C29H25BCl2FN7. The molecule has 200 valence electrons. The van der Waals surface area contributed by atoms with Crippen molar-refractivity contribution in [1.29, 1.82) is 5.26 Å². The Kier molecular flexibility index (Phi) is 6.71. The summed E-state index contributed by atoms with van der Waals surface area (Å²) >= 11 is 13.1. The molecule has 2 heterocycles. The van der Waals surface area contributed by atoms with Gasteiger partial charge in [-0.05, 0) is 67.3 Å². The first-order valence-corrected chi connectivity index (χ1v) is 13.6. The first-order chi connectivity index (χ1) is 19.3. The summed E-state index contributed by atoms with van der Waals surface area (Å²) in [5.41, 5.74) is 11.3. The Balaban J connectivity index is 1.47. The molecule has 0 amide bonds. The molecule has 1 saturated carbocycles. The van der Waals surface area contributed by atoms with E-state index in [4.69, 9.17) is 23.2 Å². The monoisotopic (exact) mass is 571 g/mol. The first-order valence-electron chi connectivity index (χ1n) is 12.9. The number of aromatic nitrogens is 1. The molecule has 2 aliphatic rings. The van der Waals surface area contributed by atoms with Gasteiger partial charge < -0.3 is 16.1 Å². The lowest BCUT2D eigenvalue weighted by Crippen LogP contribution is -2.45. The van der Waals surface area contributed by atoms with E-state index in [0.717, 1.165) is 35.4 Å². The Morgan fingerprint density at radius 3 is 2.65 bits per heavy atom. The molecule has 1 aromatic heterocycles. The maximum Gasteiger partial charge on any atom is 0.148 e. The number of halogens is 3. The predicted molar refractivity (Wildman–Crippen MR) is 160 cm³/mol. The fourth-order valence-corrected chi connectivity index (χ4v) is 5.37. The van der Waals surface area contributed by atoms with Gasteiger partial charge in [0, 0.05) is 40.2 Å². The van der Waals surface area contributed by atoms with Crippen LogP contribution in [0.15, 0.2) is 72.7 Å². The highest BCUT2D eigenvalue weighted by atomic mass is 35.5. The highest BCUT2D eigenvalue weighted by Crippen LogP contribution is 2.39. The van der Waals surface area contributed by atoms with Gasteiger partial charge in [-0.2, -0.15) is 5.26 Å². The van der Waals surface area contributed by atoms with Crippen LogP contribution < -0.4 is 21.6 Å². The maximum atomic E-state index is 13.9. The summed E-state index contributed by atoms with van der Waals surface area (Å²) in [4.78, 5) is 4.48. The molecule has 0 radical (unpaired) electrons. The van der Waals surface area contributed by atoms with E-state index in [1.165, 1.54) is 18.3 Å². The number of hydrogen-bond donors (Lipinski definition) is 4. The number of nitrogens with one attached hydrogen (secondary N) is 4. The van der Waals surface area contributed by atoms with Crippen LogP contribution in [-0.4, -0.2) is 23.9 Å². The number of nitrogens with zero attached hydrogens (tertiary/aromatic N) is 3. The van der Waals surface area contributed by atoms with Gasteiger partial charge in [0.1, 0.15) is 19.7 Å². The average Bonchev–Trinajstić information content (AvgIpc) is 3.67. The van der Waals surface area contributed by atoms with Crippen LogP contribution in [0.5, 0.6) is 0 Å². The number of benzene rings is 3. The van der Waals surface area contributed by atoms with Crippen LogP contribution in [0.2, 0.25) is 10.0 Å². The minimum absolute atomic E-state index is 0.312. The zero-order valence-electron chi connectivity index (χ0n) is 21.8. The van der Waals surface area contributed by atoms with Crippen molar-refractivity contribution in [2.24, 2.45) is 0 Å². The Morgan fingerprint density at radius 1 is 1.15 bits per heavy atom. The molecular weight excluding hydrogens is 547 g/mol. The van der Waals surface area contributed by atoms with Crippen LogP contribution in [0.4, 0.5) is 21.5 Å². The van der Waals surface area contributed by atoms with Gasteiger partial charge in [0.05, 0.1) is 32.9 Å². The molecule has 3 aromatic carbocycles. The molecule has 0 spiro atoms. The smallest absolute Gasteiger partial charge is 0.148 e. The van der Waals surface area contributed by atoms with E-state index in [2.05, 4.69) is 37.7 Å². The number of fused-ring (bicyclic) bond motifs is 1. The fraction of sp³-hybridized carbons (Fsp3) is 0.172. The molecule has 1 unspecified atom stereocenters. The van der Waals surface area contributed by atoms with E-state index in [1.54, 1.807) is 18.2 Å². The first kappa shape index (κ1) is 26.3. The van der Waals surface area contributed by atoms with Gasteiger partial charge in [0.2, 0.25) is 0 Å². The van der Waals surface area contributed by atoms with E-state index >= 15 is 0 Å². The van der Waals surface area contributed by atoms with E-state index in [1.807, 2.05) is 45.2 Å². The molecule has 4 aromatic rings. The molecule has 6 rings (SSSR count). The van der Waals surface area contributed by atoms with E-state index < -0.39 is 5.44 Å². The van der Waals surface area contributed by atoms with Crippen LogP contribution in [-0.2, 0) is 5.44 Å². The van der Waals surface area contributed by atoms with Gasteiger partial charge in [0.25, 0.3) is 0 Å².